The van der Waals surface area contributed by atoms with Gasteiger partial charge >= 0.3 is 0 Å². The molecule has 0 atom stereocenters. The Hall–Kier alpha value is -0.890. The lowest BCUT2D eigenvalue weighted by molar-refractivity contribution is 1.20. The molecule has 0 saturated heterocycles. The molecule has 1 rings (SSSR count). The monoisotopic (exact) mass is 140 g/mol. The molecular weight excluding hydrogens is 124 g/mol. The molecular formula is C8H16N2. The number of pyridine rings is 1. The fourth-order valence-electron chi connectivity index (χ4n) is 0.448. The van der Waals surface area contributed by atoms with Gasteiger partial charge in [-0.05, 0) is 19.1 Å². The highest BCUT2D eigenvalue weighted by Crippen LogP contribution is 1.85. The van der Waals surface area contributed by atoms with Crippen molar-refractivity contribution in [3.05, 3.63) is 30.1 Å². The molecule has 0 radical (unpaired) electrons. The van der Waals surface area contributed by atoms with Crippen molar-refractivity contribution in [3.8, 4) is 0 Å². The first-order valence-electron chi connectivity index (χ1n) is 3.27. The van der Waals surface area contributed by atoms with Crippen molar-refractivity contribution >= 4 is 0 Å². The maximum atomic E-state index is 3.98. The zero-order valence-corrected chi connectivity index (χ0v) is 6.96. The second-order valence-electron chi connectivity index (χ2n) is 1.47. The standard InChI is InChI=1S/C6H7N.C2H6.H3N/c1-6-4-2-3-5-7-6;1-2;/h2-5H,1H3;1-2H3;1H3. The Labute approximate surface area is 62.9 Å². The molecule has 0 aliphatic heterocycles. The van der Waals surface area contributed by atoms with Crippen molar-refractivity contribution in [2.75, 3.05) is 0 Å². The van der Waals surface area contributed by atoms with E-state index in [9.17, 15) is 0 Å². The van der Waals surface area contributed by atoms with Gasteiger partial charge in [-0.3, -0.25) is 4.98 Å². The minimum atomic E-state index is 0. The average molecular weight is 140 g/mol. The van der Waals surface area contributed by atoms with Crippen LogP contribution in [-0.2, 0) is 0 Å². The maximum Gasteiger partial charge on any atom is 0.0372 e. The molecule has 0 amide bonds. The van der Waals surface area contributed by atoms with Crippen LogP contribution in [0.4, 0.5) is 0 Å². The smallest absolute Gasteiger partial charge is 0.0372 e. The summed E-state index contributed by atoms with van der Waals surface area (Å²) in [7, 11) is 0. The first kappa shape index (κ1) is 11.9. The van der Waals surface area contributed by atoms with Crippen LogP contribution in [0.2, 0.25) is 0 Å². The van der Waals surface area contributed by atoms with Crippen LogP contribution in [0.3, 0.4) is 0 Å². The number of hydrogen-bond donors (Lipinski definition) is 1. The highest BCUT2D eigenvalue weighted by Gasteiger charge is 1.73. The zero-order chi connectivity index (χ0) is 7.11. The Morgan fingerprint density at radius 1 is 1.20 bits per heavy atom. The van der Waals surface area contributed by atoms with E-state index < -0.39 is 0 Å². The van der Waals surface area contributed by atoms with Gasteiger partial charge in [0.1, 0.15) is 0 Å². The average Bonchev–Trinajstić information content (AvgIpc) is 1.94. The minimum Gasteiger partial charge on any atom is -0.344 e. The van der Waals surface area contributed by atoms with Gasteiger partial charge in [0, 0.05) is 11.9 Å². The second-order valence-corrected chi connectivity index (χ2v) is 1.47. The van der Waals surface area contributed by atoms with Gasteiger partial charge in [0.15, 0.2) is 0 Å². The zero-order valence-electron chi connectivity index (χ0n) is 6.96. The molecule has 0 spiro atoms. The van der Waals surface area contributed by atoms with Crippen molar-refractivity contribution in [1.29, 1.82) is 0 Å². The molecule has 0 aromatic carbocycles. The quantitative estimate of drug-likeness (QED) is 0.602. The fraction of sp³-hybridized carbons (Fsp3) is 0.375. The van der Waals surface area contributed by atoms with Gasteiger partial charge in [-0.15, -0.1) is 0 Å². The van der Waals surface area contributed by atoms with Gasteiger partial charge in [0.25, 0.3) is 0 Å². The van der Waals surface area contributed by atoms with Crippen LogP contribution in [-0.4, -0.2) is 4.98 Å². The van der Waals surface area contributed by atoms with Crippen LogP contribution in [0.25, 0.3) is 0 Å². The fourth-order valence-corrected chi connectivity index (χ4v) is 0.448. The van der Waals surface area contributed by atoms with Crippen LogP contribution in [0, 0.1) is 6.92 Å². The Morgan fingerprint density at radius 3 is 2.00 bits per heavy atom. The second kappa shape index (κ2) is 8.11. The Bertz CT molecular complexity index is 137. The SMILES string of the molecule is CC.Cc1ccccn1.N. The minimum absolute atomic E-state index is 0. The van der Waals surface area contributed by atoms with Crippen LogP contribution in [0.15, 0.2) is 24.4 Å². The Morgan fingerprint density at radius 2 is 1.80 bits per heavy atom. The molecule has 0 bridgehead atoms. The van der Waals surface area contributed by atoms with Crippen LogP contribution < -0.4 is 6.15 Å². The van der Waals surface area contributed by atoms with E-state index in [0.29, 0.717) is 0 Å². The van der Waals surface area contributed by atoms with Crippen molar-refractivity contribution < 1.29 is 0 Å². The topological polar surface area (TPSA) is 47.9 Å². The molecule has 0 unspecified atom stereocenters. The van der Waals surface area contributed by atoms with Gasteiger partial charge < -0.3 is 6.15 Å². The molecule has 10 heavy (non-hydrogen) atoms. The van der Waals surface area contributed by atoms with E-state index >= 15 is 0 Å². The van der Waals surface area contributed by atoms with Gasteiger partial charge in [-0.25, -0.2) is 0 Å². The predicted molar refractivity (Wildman–Crippen MR) is 45.3 cm³/mol. The molecule has 1 aromatic heterocycles. The van der Waals surface area contributed by atoms with Crippen molar-refractivity contribution in [2.24, 2.45) is 0 Å². The molecule has 1 heterocycles. The molecule has 0 saturated carbocycles. The highest BCUT2D eigenvalue weighted by molar-refractivity contribution is 4.99. The van der Waals surface area contributed by atoms with E-state index in [1.807, 2.05) is 39.0 Å². The van der Waals surface area contributed by atoms with E-state index in [1.165, 1.54) is 0 Å². The molecule has 2 nitrogen and oxygen atoms in total. The van der Waals surface area contributed by atoms with Gasteiger partial charge in [0.2, 0.25) is 0 Å². The normalized spacial score (nSPS) is 6.70. The molecule has 1 aromatic rings. The lowest BCUT2D eigenvalue weighted by atomic mass is 10.4. The van der Waals surface area contributed by atoms with E-state index in [4.69, 9.17) is 0 Å². The number of rotatable bonds is 0. The Balaban J connectivity index is 0. The maximum absolute atomic E-state index is 3.98. The predicted octanol–water partition coefficient (Wildman–Crippen LogP) is 2.58. The van der Waals surface area contributed by atoms with Crippen LogP contribution >= 0.6 is 0 Å². The molecule has 2 heteroatoms. The summed E-state index contributed by atoms with van der Waals surface area (Å²) in [6, 6.07) is 5.86. The molecule has 0 fully saturated rings. The number of aryl methyl sites for hydroxylation is 1. The number of nitrogens with zero attached hydrogens (tertiary/aromatic N) is 1. The van der Waals surface area contributed by atoms with Crippen LogP contribution in [0.1, 0.15) is 19.5 Å². The largest absolute Gasteiger partial charge is 0.344 e. The summed E-state index contributed by atoms with van der Waals surface area (Å²) < 4.78 is 0. The Kier molecular flexibility index (Phi) is 9.61. The van der Waals surface area contributed by atoms with E-state index in [2.05, 4.69) is 4.98 Å². The summed E-state index contributed by atoms with van der Waals surface area (Å²) in [5.74, 6) is 0. The summed E-state index contributed by atoms with van der Waals surface area (Å²) in [5.41, 5.74) is 1.07. The first-order chi connectivity index (χ1) is 4.39. The van der Waals surface area contributed by atoms with Gasteiger partial charge in [0.05, 0.1) is 0 Å². The molecule has 58 valence electrons. The third kappa shape index (κ3) is 5.25. The summed E-state index contributed by atoms with van der Waals surface area (Å²) in [4.78, 5) is 3.98. The molecule has 3 N–H and O–H groups in total. The van der Waals surface area contributed by atoms with Crippen molar-refractivity contribution in [3.63, 3.8) is 0 Å². The molecule has 0 aliphatic rings. The molecule has 0 aliphatic carbocycles. The van der Waals surface area contributed by atoms with Gasteiger partial charge in [-0.2, -0.15) is 0 Å². The summed E-state index contributed by atoms with van der Waals surface area (Å²) in [6.07, 6.45) is 1.79. The number of aromatic nitrogens is 1. The van der Waals surface area contributed by atoms with Crippen molar-refractivity contribution in [1.82, 2.24) is 11.1 Å². The lowest BCUT2D eigenvalue weighted by Gasteiger charge is -1.82. The van der Waals surface area contributed by atoms with Gasteiger partial charge in [-0.1, -0.05) is 19.9 Å². The highest BCUT2D eigenvalue weighted by atomic mass is 14.6. The van der Waals surface area contributed by atoms with Crippen molar-refractivity contribution in [2.45, 2.75) is 20.8 Å². The van der Waals surface area contributed by atoms with E-state index in [0.717, 1.165) is 5.69 Å². The number of hydrogen-bond acceptors (Lipinski definition) is 2. The third-order valence-corrected chi connectivity index (χ3v) is 0.813. The first-order valence-corrected chi connectivity index (χ1v) is 3.27. The van der Waals surface area contributed by atoms with Crippen LogP contribution in [0.5, 0.6) is 0 Å². The summed E-state index contributed by atoms with van der Waals surface area (Å²) in [5, 5.41) is 0. The third-order valence-electron chi connectivity index (χ3n) is 0.813. The van der Waals surface area contributed by atoms with E-state index in [1.54, 1.807) is 6.20 Å². The summed E-state index contributed by atoms with van der Waals surface area (Å²) >= 11 is 0. The summed E-state index contributed by atoms with van der Waals surface area (Å²) in [6.45, 7) is 5.97. The lowest BCUT2D eigenvalue weighted by Crippen LogP contribution is -1.72. The van der Waals surface area contributed by atoms with E-state index in [-0.39, 0.29) is 6.15 Å².